The lowest BCUT2D eigenvalue weighted by Gasteiger charge is -2.31. The number of primary sulfonamides is 1. The van der Waals surface area contributed by atoms with Crippen LogP contribution in [0.15, 0.2) is 0 Å². The fourth-order valence-electron chi connectivity index (χ4n) is 1.73. The van der Waals surface area contributed by atoms with Gasteiger partial charge in [0.2, 0.25) is 10.0 Å². The van der Waals surface area contributed by atoms with Crippen molar-refractivity contribution in [1.82, 2.24) is 10.2 Å². The smallest absolute Gasteiger partial charge is 0.317 e. The molecular weight excluding hydrogens is 230 g/mol. The van der Waals surface area contributed by atoms with E-state index >= 15 is 0 Å². The van der Waals surface area contributed by atoms with Gasteiger partial charge in [0.15, 0.2) is 0 Å². The van der Waals surface area contributed by atoms with E-state index < -0.39 is 15.3 Å². The Balaban J connectivity index is 2.54. The molecule has 0 aromatic carbocycles. The van der Waals surface area contributed by atoms with Crippen LogP contribution in [0.4, 0.5) is 4.79 Å². The van der Waals surface area contributed by atoms with E-state index in [-0.39, 0.29) is 12.6 Å². The topological polar surface area (TPSA) is 92.5 Å². The summed E-state index contributed by atoms with van der Waals surface area (Å²) in [5.41, 5.74) is 0. The molecule has 7 heteroatoms. The Bertz CT molecular complexity index is 342. The molecular formula is C9H19N3O3S. The van der Waals surface area contributed by atoms with Crippen molar-refractivity contribution in [3.63, 3.8) is 0 Å². The molecule has 0 spiro atoms. The Kier molecular flexibility index (Phi) is 4.55. The molecule has 0 bridgehead atoms. The lowest BCUT2D eigenvalue weighted by molar-refractivity contribution is 0.187. The first-order chi connectivity index (χ1) is 7.45. The van der Waals surface area contributed by atoms with Gasteiger partial charge >= 0.3 is 6.03 Å². The molecule has 1 aliphatic heterocycles. The highest BCUT2D eigenvalue weighted by Gasteiger charge is 2.30. The van der Waals surface area contributed by atoms with Crippen LogP contribution < -0.4 is 10.5 Å². The Morgan fingerprint density at radius 3 is 2.81 bits per heavy atom. The maximum absolute atomic E-state index is 11.6. The molecule has 1 fully saturated rings. The second kappa shape index (κ2) is 5.49. The van der Waals surface area contributed by atoms with E-state index in [0.717, 1.165) is 6.42 Å². The predicted molar refractivity (Wildman–Crippen MR) is 61.4 cm³/mol. The van der Waals surface area contributed by atoms with Gasteiger partial charge in [-0.05, 0) is 19.3 Å². The highest BCUT2D eigenvalue weighted by atomic mass is 32.2. The number of nitrogens with zero attached hydrogens (tertiary/aromatic N) is 1. The quantitative estimate of drug-likeness (QED) is 0.729. The molecule has 0 radical (unpaired) electrons. The van der Waals surface area contributed by atoms with Gasteiger partial charge < -0.3 is 10.2 Å². The van der Waals surface area contributed by atoms with Crippen LogP contribution in [0.5, 0.6) is 0 Å². The van der Waals surface area contributed by atoms with Gasteiger partial charge in [-0.3, -0.25) is 0 Å². The summed E-state index contributed by atoms with van der Waals surface area (Å²) < 4.78 is 22.4. The lowest BCUT2D eigenvalue weighted by Crippen LogP contribution is -2.50. The minimum absolute atomic E-state index is 0.199. The van der Waals surface area contributed by atoms with Gasteiger partial charge in [-0.25, -0.2) is 18.4 Å². The van der Waals surface area contributed by atoms with Crippen molar-refractivity contribution in [3.8, 4) is 0 Å². The third-order valence-corrected chi connectivity index (χ3v) is 3.97. The van der Waals surface area contributed by atoms with Gasteiger partial charge in [0, 0.05) is 19.6 Å². The molecule has 3 N–H and O–H groups in total. The van der Waals surface area contributed by atoms with Crippen molar-refractivity contribution in [2.24, 2.45) is 5.14 Å². The molecule has 94 valence electrons. The van der Waals surface area contributed by atoms with Crippen molar-refractivity contribution < 1.29 is 13.2 Å². The number of carbonyl (C=O) groups excluding carboxylic acids is 1. The van der Waals surface area contributed by atoms with Gasteiger partial charge in [0.05, 0.1) is 5.25 Å². The number of likely N-dealkylation sites (tertiary alicyclic amines) is 1. The van der Waals surface area contributed by atoms with Crippen LogP contribution in [0.2, 0.25) is 0 Å². The first-order valence-electron chi connectivity index (χ1n) is 5.49. The fraction of sp³-hybridized carbons (Fsp3) is 0.889. The number of piperidine rings is 1. The zero-order chi connectivity index (χ0) is 12.2. The number of hydrogen-bond acceptors (Lipinski definition) is 3. The number of sulfonamides is 1. The van der Waals surface area contributed by atoms with Gasteiger partial charge in [0.25, 0.3) is 0 Å². The van der Waals surface area contributed by atoms with Crippen LogP contribution in [0.3, 0.4) is 0 Å². The molecule has 1 unspecified atom stereocenters. The third kappa shape index (κ3) is 3.64. The monoisotopic (exact) mass is 249 g/mol. The minimum Gasteiger partial charge on any atom is -0.338 e. The number of urea groups is 1. The van der Waals surface area contributed by atoms with Crippen LogP contribution in [-0.4, -0.2) is 44.2 Å². The number of nitrogens with two attached hydrogens (primary N) is 1. The zero-order valence-electron chi connectivity index (χ0n) is 9.48. The van der Waals surface area contributed by atoms with Crippen molar-refractivity contribution in [2.45, 2.75) is 31.4 Å². The summed E-state index contributed by atoms with van der Waals surface area (Å²) >= 11 is 0. The number of nitrogens with one attached hydrogen (secondary N) is 1. The number of hydrogen-bond donors (Lipinski definition) is 2. The fourth-order valence-corrected chi connectivity index (χ4v) is 2.62. The van der Waals surface area contributed by atoms with Gasteiger partial charge in [-0.1, -0.05) is 6.92 Å². The first-order valence-corrected chi connectivity index (χ1v) is 7.10. The molecule has 16 heavy (non-hydrogen) atoms. The van der Waals surface area contributed by atoms with Crippen LogP contribution in [0, 0.1) is 0 Å². The normalized spacial score (nSPS) is 21.9. The standard InChI is InChI=1S/C9H19N3O3S/c1-2-5-11-9(13)12-6-3-4-8(7-12)16(10,14)15/h8H,2-7H2,1H3,(H,11,13)(H2,10,14,15). The van der Waals surface area contributed by atoms with E-state index in [1.165, 1.54) is 4.90 Å². The average Bonchev–Trinajstić information content (AvgIpc) is 2.25. The van der Waals surface area contributed by atoms with E-state index in [9.17, 15) is 13.2 Å². The summed E-state index contributed by atoms with van der Waals surface area (Å²) in [6, 6.07) is -0.199. The number of carbonyl (C=O) groups is 1. The third-order valence-electron chi connectivity index (χ3n) is 2.66. The molecule has 1 rings (SSSR count). The summed E-state index contributed by atoms with van der Waals surface area (Å²) in [6.07, 6.45) is 2.08. The maximum Gasteiger partial charge on any atom is 0.317 e. The molecule has 0 aromatic heterocycles. The largest absolute Gasteiger partial charge is 0.338 e. The Morgan fingerprint density at radius 1 is 1.56 bits per heavy atom. The number of rotatable bonds is 3. The Labute approximate surface area is 96.2 Å². The molecule has 1 aliphatic rings. The summed E-state index contributed by atoms with van der Waals surface area (Å²) in [5.74, 6) is 0. The van der Waals surface area contributed by atoms with Crippen molar-refractivity contribution in [1.29, 1.82) is 0 Å². The van der Waals surface area contributed by atoms with Crippen LogP contribution in [0.1, 0.15) is 26.2 Å². The van der Waals surface area contributed by atoms with Crippen LogP contribution in [-0.2, 0) is 10.0 Å². The lowest BCUT2D eigenvalue weighted by atomic mass is 10.1. The minimum atomic E-state index is -3.53. The molecule has 0 aliphatic carbocycles. The summed E-state index contributed by atoms with van der Waals surface area (Å²) in [7, 11) is -3.53. The molecule has 2 amide bonds. The summed E-state index contributed by atoms with van der Waals surface area (Å²) in [6.45, 7) is 3.37. The average molecular weight is 249 g/mol. The number of amides is 2. The van der Waals surface area contributed by atoms with Gasteiger partial charge in [-0.15, -0.1) is 0 Å². The maximum atomic E-state index is 11.6. The second-order valence-corrected chi connectivity index (χ2v) is 5.88. The van der Waals surface area contributed by atoms with Gasteiger partial charge in [-0.2, -0.15) is 0 Å². The van der Waals surface area contributed by atoms with E-state index in [4.69, 9.17) is 5.14 Å². The second-order valence-electron chi connectivity index (χ2n) is 4.03. The molecule has 1 atom stereocenters. The predicted octanol–water partition coefficient (Wildman–Crippen LogP) is -0.141. The van der Waals surface area contributed by atoms with Crippen molar-refractivity contribution in [3.05, 3.63) is 0 Å². The van der Waals surface area contributed by atoms with Crippen LogP contribution in [0.25, 0.3) is 0 Å². The first kappa shape index (κ1) is 13.2. The highest BCUT2D eigenvalue weighted by Crippen LogP contribution is 2.15. The van der Waals surface area contributed by atoms with Crippen molar-refractivity contribution in [2.75, 3.05) is 19.6 Å². The molecule has 6 nitrogen and oxygen atoms in total. The van der Waals surface area contributed by atoms with E-state index in [1.807, 2.05) is 6.92 Å². The van der Waals surface area contributed by atoms with Gasteiger partial charge in [0.1, 0.15) is 0 Å². The Hall–Kier alpha value is -0.820. The van der Waals surface area contributed by atoms with Crippen molar-refractivity contribution >= 4 is 16.1 Å². The molecule has 1 heterocycles. The summed E-state index contributed by atoms with van der Waals surface area (Å²) in [5, 5.41) is 7.19. The van der Waals surface area contributed by atoms with E-state index in [2.05, 4.69) is 5.32 Å². The molecule has 1 saturated heterocycles. The highest BCUT2D eigenvalue weighted by molar-refractivity contribution is 7.89. The SMILES string of the molecule is CCCNC(=O)N1CCCC(S(N)(=O)=O)C1. The Morgan fingerprint density at radius 2 is 2.25 bits per heavy atom. The summed E-state index contributed by atoms with van der Waals surface area (Å²) in [4.78, 5) is 13.1. The van der Waals surface area contributed by atoms with E-state index in [1.54, 1.807) is 0 Å². The molecule has 0 aromatic rings. The zero-order valence-corrected chi connectivity index (χ0v) is 10.3. The van der Waals surface area contributed by atoms with Crippen LogP contribution >= 0.6 is 0 Å². The van der Waals surface area contributed by atoms with E-state index in [0.29, 0.717) is 25.9 Å². The molecule has 0 saturated carbocycles.